The van der Waals surface area contributed by atoms with E-state index < -0.39 is 11.6 Å². The molecule has 0 aromatic heterocycles. The third-order valence-electron chi connectivity index (χ3n) is 2.37. The Morgan fingerprint density at radius 3 is 3.00 bits per heavy atom. The summed E-state index contributed by atoms with van der Waals surface area (Å²) in [5, 5.41) is 8.91. The van der Waals surface area contributed by atoms with Gasteiger partial charge in [-0.05, 0) is 24.6 Å². The summed E-state index contributed by atoms with van der Waals surface area (Å²) in [6.07, 6.45) is 0.442. The van der Waals surface area contributed by atoms with Crippen LogP contribution in [0.3, 0.4) is 0 Å². The summed E-state index contributed by atoms with van der Waals surface area (Å²) in [5.41, 5.74) is 0.369. The molecule has 0 aliphatic carbocycles. The largest absolute Gasteiger partial charge is 0.440 e. The van der Waals surface area contributed by atoms with Gasteiger partial charge in [-0.1, -0.05) is 22.0 Å². The lowest BCUT2D eigenvalue weighted by molar-refractivity contribution is 0.00849. The molecular weight excluding hydrogens is 258 g/mol. The predicted octanol–water partition coefficient (Wildman–Crippen LogP) is 2.44. The molecule has 4 heteroatoms. The first kappa shape index (κ1) is 10.2. The van der Waals surface area contributed by atoms with Crippen LogP contribution in [0.4, 0.5) is 0 Å². The number of halogens is 1. The number of hydrogen-bond donors (Lipinski definition) is 0. The van der Waals surface area contributed by atoms with Gasteiger partial charge in [-0.3, -0.25) is 0 Å². The molecule has 1 aliphatic heterocycles. The topological polar surface area (TPSA) is 50.1 Å². The van der Waals surface area contributed by atoms with E-state index in [1.54, 1.807) is 13.0 Å². The summed E-state index contributed by atoms with van der Waals surface area (Å²) in [6, 6.07) is 7.43. The molecule has 1 heterocycles. The van der Waals surface area contributed by atoms with Gasteiger partial charge in [0.15, 0.2) is 5.60 Å². The molecule has 0 fully saturated rings. The van der Waals surface area contributed by atoms with E-state index in [1.165, 1.54) is 0 Å². The van der Waals surface area contributed by atoms with Gasteiger partial charge in [0.1, 0.15) is 6.07 Å². The van der Waals surface area contributed by atoms with Crippen molar-refractivity contribution in [3.8, 4) is 6.07 Å². The van der Waals surface area contributed by atoms with Gasteiger partial charge in [-0.2, -0.15) is 5.26 Å². The van der Waals surface area contributed by atoms with Crippen LogP contribution in [0.5, 0.6) is 0 Å². The average molecular weight is 266 g/mol. The zero-order chi connectivity index (χ0) is 11.1. The number of hydrogen-bond acceptors (Lipinski definition) is 3. The standard InChI is InChI=1S/C11H8BrNO2/c1-11(6-13)5-7-2-3-8(12)4-9(7)10(14)15-11/h2-4H,5H2,1H3. The van der Waals surface area contributed by atoms with Crippen molar-refractivity contribution >= 4 is 21.9 Å². The summed E-state index contributed by atoms with van der Waals surface area (Å²) >= 11 is 3.29. The summed E-state index contributed by atoms with van der Waals surface area (Å²) in [4.78, 5) is 11.6. The summed E-state index contributed by atoms with van der Waals surface area (Å²) in [7, 11) is 0. The van der Waals surface area contributed by atoms with E-state index >= 15 is 0 Å². The molecule has 0 bridgehead atoms. The van der Waals surface area contributed by atoms with Gasteiger partial charge in [0, 0.05) is 10.9 Å². The first-order valence-corrected chi connectivity index (χ1v) is 5.26. The van der Waals surface area contributed by atoms with Gasteiger partial charge in [0.25, 0.3) is 0 Å². The van der Waals surface area contributed by atoms with Crippen molar-refractivity contribution in [3.05, 3.63) is 33.8 Å². The fourth-order valence-electron chi connectivity index (χ4n) is 1.61. The van der Waals surface area contributed by atoms with Gasteiger partial charge in [0.05, 0.1) is 5.56 Å². The quantitative estimate of drug-likeness (QED) is 0.677. The minimum atomic E-state index is -1.03. The third-order valence-corrected chi connectivity index (χ3v) is 2.87. The van der Waals surface area contributed by atoms with Gasteiger partial charge in [0.2, 0.25) is 0 Å². The lowest BCUT2D eigenvalue weighted by atomic mass is 9.91. The number of nitrogens with zero attached hydrogens (tertiary/aromatic N) is 1. The molecule has 0 saturated carbocycles. The zero-order valence-electron chi connectivity index (χ0n) is 8.08. The lowest BCUT2D eigenvalue weighted by Gasteiger charge is -2.28. The molecule has 0 amide bonds. The Morgan fingerprint density at radius 1 is 1.60 bits per heavy atom. The summed E-state index contributed by atoms with van der Waals surface area (Å²) in [6.45, 7) is 1.62. The first-order chi connectivity index (χ1) is 7.04. The highest BCUT2D eigenvalue weighted by Crippen LogP contribution is 2.29. The van der Waals surface area contributed by atoms with Crippen LogP contribution in [0, 0.1) is 11.3 Å². The number of benzene rings is 1. The monoisotopic (exact) mass is 265 g/mol. The summed E-state index contributed by atoms with van der Waals surface area (Å²) < 4.78 is 5.92. The van der Waals surface area contributed by atoms with Crippen molar-refractivity contribution in [2.24, 2.45) is 0 Å². The van der Waals surface area contributed by atoms with Crippen LogP contribution in [-0.2, 0) is 11.2 Å². The first-order valence-electron chi connectivity index (χ1n) is 4.47. The van der Waals surface area contributed by atoms with Crippen LogP contribution in [0.1, 0.15) is 22.8 Å². The molecule has 15 heavy (non-hydrogen) atoms. The minimum Gasteiger partial charge on any atom is -0.440 e. The Labute approximate surface area is 95.8 Å². The number of carbonyl (C=O) groups is 1. The van der Waals surface area contributed by atoms with Crippen molar-refractivity contribution in [1.29, 1.82) is 5.26 Å². The molecule has 1 aliphatic rings. The highest BCUT2D eigenvalue weighted by Gasteiger charge is 2.36. The van der Waals surface area contributed by atoms with Crippen LogP contribution in [-0.4, -0.2) is 11.6 Å². The average Bonchev–Trinajstić information content (AvgIpc) is 2.20. The second kappa shape index (κ2) is 3.35. The Bertz CT molecular complexity index is 478. The van der Waals surface area contributed by atoms with E-state index in [0.29, 0.717) is 12.0 Å². The molecule has 1 aromatic rings. The Morgan fingerprint density at radius 2 is 2.33 bits per heavy atom. The number of cyclic esters (lactones) is 1. The lowest BCUT2D eigenvalue weighted by Crippen LogP contribution is -2.37. The van der Waals surface area contributed by atoms with E-state index in [1.807, 2.05) is 18.2 Å². The number of ether oxygens (including phenoxy) is 1. The summed E-state index contributed by atoms with van der Waals surface area (Å²) in [5.74, 6) is -0.429. The third kappa shape index (κ3) is 1.75. The molecule has 0 radical (unpaired) electrons. The van der Waals surface area contributed by atoms with Crippen LogP contribution in [0.2, 0.25) is 0 Å². The second-order valence-electron chi connectivity index (χ2n) is 3.71. The van der Waals surface area contributed by atoms with Crippen molar-refractivity contribution in [1.82, 2.24) is 0 Å². The smallest absolute Gasteiger partial charge is 0.340 e. The normalized spacial score (nSPS) is 23.9. The maximum atomic E-state index is 11.6. The van der Waals surface area contributed by atoms with E-state index in [0.717, 1.165) is 10.0 Å². The number of esters is 1. The van der Waals surface area contributed by atoms with Crippen LogP contribution in [0.15, 0.2) is 22.7 Å². The molecule has 3 nitrogen and oxygen atoms in total. The maximum Gasteiger partial charge on any atom is 0.340 e. The fraction of sp³-hybridized carbons (Fsp3) is 0.273. The Balaban J connectivity index is 2.51. The number of carbonyl (C=O) groups excluding carboxylic acids is 1. The van der Waals surface area contributed by atoms with Gasteiger partial charge in [-0.15, -0.1) is 0 Å². The fourth-order valence-corrected chi connectivity index (χ4v) is 1.98. The molecule has 76 valence electrons. The number of rotatable bonds is 0. The SMILES string of the molecule is CC1(C#N)Cc2ccc(Br)cc2C(=O)O1. The van der Waals surface area contributed by atoms with Gasteiger partial charge in [-0.25, -0.2) is 4.79 Å². The van der Waals surface area contributed by atoms with Gasteiger partial charge < -0.3 is 4.74 Å². The van der Waals surface area contributed by atoms with Crippen molar-refractivity contribution < 1.29 is 9.53 Å². The van der Waals surface area contributed by atoms with Crippen molar-refractivity contribution in [3.63, 3.8) is 0 Å². The maximum absolute atomic E-state index is 11.6. The van der Waals surface area contributed by atoms with E-state index in [-0.39, 0.29) is 0 Å². The van der Waals surface area contributed by atoms with Crippen LogP contribution in [0.25, 0.3) is 0 Å². The highest BCUT2D eigenvalue weighted by molar-refractivity contribution is 9.10. The number of nitriles is 1. The highest BCUT2D eigenvalue weighted by atomic mass is 79.9. The molecule has 0 saturated heterocycles. The Kier molecular flexibility index (Phi) is 2.28. The molecule has 1 atom stereocenters. The second-order valence-corrected chi connectivity index (χ2v) is 4.63. The molecule has 0 N–H and O–H groups in total. The molecule has 1 aromatic carbocycles. The van der Waals surface area contributed by atoms with Crippen LogP contribution >= 0.6 is 15.9 Å². The van der Waals surface area contributed by atoms with Crippen molar-refractivity contribution in [2.45, 2.75) is 18.9 Å². The van der Waals surface area contributed by atoms with E-state index in [4.69, 9.17) is 10.00 Å². The van der Waals surface area contributed by atoms with Gasteiger partial charge >= 0.3 is 5.97 Å². The van der Waals surface area contributed by atoms with E-state index in [9.17, 15) is 4.79 Å². The molecular formula is C11H8BrNO2. The molecule has 2 rings (SSSR count). The van der Waals surface area contributed by atoms with Crippen LogP contribution < -0.4 is 0 Å². The predicted molar refractivity (Wildman–Crippen MR) is 57.3 cm³/mol. The van der Waals surface area contributed by atoms with E-state index in [2.05, 4.69) is 15.9 Å². The Hall–Kier alpha value is -1.34. The number of fused-ring (bicyclic) bond motifs is 1. The van der Waals surface area contributed by atoms with Crippen molar-refractivity contribution in [2.75, 3.05) is 0 Å². The zero-order valence-corrected chi connectivity index (χ0v) is 9.67. The molecule has 0 spiro atoms. The minimum absolute atomic E-state index is 0.429. The molecule has 1 unspecified atom stereocenters.